The fraction of sp³-hybridized carbons (Fsp3) is 0.800. The molecule has 0 aromatic heterocycles. The van der Waals surface area contributed by atoms with Gasteiger partial charge in [-0.05, 0) is 0 Å². The molecule has 2 N–H and O–H groups in total. The van der Waals surface area contributed by atoms with Crippen molar-refractivity contribution in [1.82, 2.24) is 0 Å². The van der Waals surface area contributed by atoms with Gasteiger partial charge in [0.25, 0.3) is 11.9 Å². The SMILES string of the molecule is CC(=O)O.CC(=O)O.CC(C)[O][Ti][O]C(C)C. The van der Waals surface area contributed by atoms with Gasteiger partial charge in [0.2, 0.25) is 0 Å². The molecule has 0 saturated heterocycles. The van der Waals surface area contributed by atoms with E-state index in [0.29, 0.717) is 12.2 Å². The Labute approximate surface area is 112 Å². The van der Waals surface area contributed by atoms with Gasteiger partial charge < -0.3 is 10.2 Å². The first kappa shape index (κ1) is 21.8. The van der Waals surface area contributed by atoms with Crippen molar-refractivity contribution in [2.24, 2.45) is 0 Å². The van der Waals surface area contributed by atoms with Crippen LogP contribution < -0.4 is 0 Å². The van der Waals surface area contributed by atoms with Crippen molar-refractivity contribution >= 4 is 11.9 Å². The van der Waals surface area contributed by atoms with Gasteiger partial charge in [-0.25, -0.2) is 0 Å². The van der Waals surface area contributed by atoms with Crippen molar-refractivity contribution in [3.63, 3.8) is 0 Å². The Morgan fingerprint density at radius 2 is 1.06 bits per heavy atom. The molecule has 0 unspecified atom stereocenters. The number of hydrogen-bond acceptors (Lipinski definition) is 4. The van der Waals surface area contributed by atoms with Crippen molar-refractivity contribution in [1.29, 1.82) is 0 Å². The van der Waals surface area contributed by atoms with Crippen molar-refractivity contribution in [3.8, 4) is 0 Å². The Hall–Kier alpha value is -0.426. The van der Waals surface area contributed by atoms with Crippen molar-refractivity contribution in [3.05, 3.63) is 0 Å². The third-order valence-corrected chi connectivity index (χ3v) is 2.34. The molecule has 7 heteroatoms. The first-order valence-electron chi connectivity index (χ1n) is 5.04. The summed E-state index contributed by atoms with van der Waals surface area (Å²) in [6.45, 7) is 10.3. The van der Waals surface area contributed by atoms with E-state index >= 15 is 0 Å². The third kappa shape index (κ3) is 92.4. The standard InChI is InChI=1S/2C3H7O.2C2H4O2.Ti/c2*1-3(2)4;2*1-2(3)4;/h2*3H,1-2H3;2*1H3,(H,3,4);/q2*-1;;;+2. The topological polar surface area (TPSA) is 93.1 Å². The fourth-order valence-corrected chi connectivity index (χ4v) is 0.908. The molecule has 0 heterocycles. The van der Waals surface area contributed by atoms with E-state index in [0.717, 1.165) is 13.8 Å². The van der Waals surface area contributed by atoms with Gasteiger partial charge in [0.15, 0.2) is 0 Å². The Kier molecular flexibility index (Phi) is 20.0. The summed E-state index contributed by atoms with van der Waals surface area (Å²) < 4.78 is 10.5. The molecule has 0 aromatic rings. The molecule has 0 aliphatic rings. The van der Waals surface area contributed by atoms with E-state index < -0.39 is 31.9 Å². The summed E-state index contributed by atoms with van der Waals surface area (Å²) in [6, 6.07) is 0. The van der Waals surface area contributed by atoms with Crippen LogP contribution in [-0.4, -0.2) is 34.4 Å². The Balaban J connectivity index is -0.000000205. The van der Waals surface area contributed by atoms with Gasteiger partial charge in [0.1, 0.15) is 0 Å². The quantitative estimate of drug-likeness (QED) is 0.767. The molecule has 0 aliphatic carbocycles. The van der Waals surface area contributed by atoms with Crippen LogP contribution in [0.15, 0.2) is 0 Å². The minimum absolute atomic E-state index is 0.323. The molecule has 0 radical (unpaired) electrons. The van der Waals surface area contributed by atoms with Crippen LogP contribution in [0.25, 0.3) is 0 Å². The molecule has 17 heavy (non-hydrogen) atoms. The van der Waals surface area contributed by atoms with E-state index in [-0.39, 0.29) is 0 Å². The van der Waals surface area contributed by atoms with Crippen LogP contribution in [-0.2, 0) is 36.2 Å². The first-order valence-corrected chi connectivity index (χ1v) is 6.32. The van der Waals surface area contributed by atoms with Crippen molar-refractivity contribution in [2.75, 3.05) is 0 Å². The van der Waals surface area contributed by atoms with Gasteiger partial charge in [0, 0.05) is 13.8 Å². The molecular weight excluding hydrogens is 264 g/mol. The summed E-state index contributed by atoms with van der Waals surface area (Å²) in [6.07, 6.45) is 0.646. The van der Waals surface area contributed by atoms with Crippen molar-refractivity contribution < 1.29 is 46.4 Å². The van der Waals surface area contributed by atoms with Gasteiger partial charge in [0.05, 0.1) is 0 Å². The van der Waals surface area contributed by atoms with E-state index in [1.54, 1.807) is 0 Å². The van der Waals surface area contributed by atoms with E-state index in [4.69, 9.17) is 26.4 Å². The molecule has 0 fully saturated rings. The Bertz CT molecular complexity index is 165. The predicted octanol–water partition coefficient (Wildman–Crippen LogP) is 1.93. The Morgan fingerprint density at radius 1 is 0.882 bits per heavy atom. The van der Waals surface area contributed by atoms with Gasteiger partial charge >= 0.3 is 66.5 Å². The van der Waals surface area contributed by atoms with Crippen LogP contribution in [0.2, 0.25) is 0 Å². The maximum absolute atomic E-state index is 9.00. The zero-order chi connectivity index (χ0) is 14.4. The molecule has 102 valence electrons. The first-order chi connectivity index (χ1) is 7.59. The Morgan fingerprint density at radius 3 is 1.18 bits per heavy atom. The van der Waals surface area contributed by atoms with Crippen LogP contribution >= 0.6 is 0 Å². The summed E-state index contributed by atoms with van der Waals surface area (Å²) in [5, 5.41) is 14.8. The number of carbonyl (C=O) groups is 2. The molecule has 0 bridgehead atoms. The molecule has 0 saturated carbocycles. The third-order valence-electron chi connectivity index (χ3n) is 0.568. The number of aliphatic carboxylic acids is 2. The molecule has 0 amide bonds. The summed E-state index contributed by atoms with van der Waals surface area (Å²) in [5.41, 5.74) is 0. The van der Waals surface area contributed by atoms with Gasteiger partial charge in [-0.1, -0.05) is 0 Å². The van der Waals surface area contributed by atoms with E-state index in [1.165, 1.54) is 0 Å². The normalized spacial score (nSPS) is 8.71. The second-order valence-electron chi connectivity index (χ2n) is 3.45. The van der Waals surface area contributed by atoms with Crippen LogP contribution in [0.3, 0.4) is 0 Å². The average molecular weight is 286 g/mol. The predicted molar refractivity (Wildman–Crippen MR) is 59.1 cm³/mol. The van der Waals surface area contributed by atoms with Crippen molar-refractivity contribution in [2.45, 2.75) is 53.8 Å². The number of rotatable bonds is 4. The second kappa shape index (κ2) is 15.6. The van der Waals surface area contributed by atoms with Gasteiger partial charge in [-0.15, -0.1) is 0 Å². The molecule has 0 aliphatic heterocycles. The molecule has 0 aromatic carbocycles. The van der Waals surface area contributed by atoms with Crippen LogP contribution in [0.4, 0.5) is 0 Å². The number of carboxylic acid groups (broad SMARTS) is 2. The molecule has 0 rings (SSSR count). The zero-order valence-electron chi connectivity index (χ0n) is 11.2. The number of carboxylic acids is 2. The van der Waals surface area contributed by atoms with Gasteiger partial charge in [-0.3, -0.25) is 9.59 Å². The molecule has 6 nitrogen and oxygen atoms in total. The molecular formula is C10H22O6Ti. The van der Waals surface area contributed by atoms with Crippen LogP contribution in [0, 0.1) is 0 Å². The minimum atomic E-state index is -0.833. The molecule has 0 spiro atoms. The summed E-state index contributed by atoms with van der Waals surface area (Å²) in [5.74, 6) is -1.67. The average Bonchev–Trinajstić information content (AvgIpc) is 1.99. The van der Waals surface area contributed by atoms with E-state index in [2.05, 4.69) is 0 Å². The zero-order valence-corrected chi connectivity index (χ0v) is 12.7. The molecule has 0 atom stereocenters. The van der Waals surface area contributed by atoms with Gasteiger partial charge in [-0.2, -0.15) is 0 Å². The maximum atomic E-state index is 9.00. The fourth-order valence-electron chi connectivity index (χ4n) is 0.220. The summed E-state index contributed by atoms with van der Waals surface area (Å²) >= 11 is -0.574. The van der Waals surface area contributed by atoms with E-state index in [1.807, 2.05) is 27.7 Å². The van der Waals surface area contributed by atoms with Crippen LogP contribution in [0.1, 0.15) is 41.5 Å². The van der Waals surface area contributed by atoms with Crippen LogP contribution in [0.5, 0.6) is 0 Å². The summed E-state index contributed by atoms with van der Waals surface area (Å²) in [7, 11) is 0. The number of hydrogen-bond donors (Lipinski definition) is 2. The second-order valence-corrected chi connectivity index (χ2v) is 4.45. The summed E-state index contributed by atoms with van der Waals surface area (Å²) in [4.78, 5) is 18.0. The van der Waals surface area contributed by atoms with E-state index in [9.17, 15) is 0 Å². The monoisotopic (exact) mass is 286 g/mol.